The molecule has 1 N–H and O–H groups in total. The molecule has 2 heterocycles. The molecule has 2 aliphatic heterocycles. The minimum Gasteiger partial charge on any atom is -0.507 e. The van der Waals surface area contributed by atoms with E-state index in [4.69, 9.17) is 21.1 Å². The quantitative estimate of drug-likeness (QED) is 0.178. The maximum atomic E-state index is 10.9. The highest BCUT2D eigenvalue weighted by Gasteiger charge is 2.43. The van der Waals surface area contributed by atoms with Crippen molar-refractivity contribution in [2.24, 2.45) is 5.92 Å². The number of aliphatic hydroxyl groups excluding tert-OH is 1. The van der Waals surface area contributed by atoms with Crippen LogP contribution in [0.3, 0.4) is 0 Å². The van der Waals surface area contributed by atoms with Gasteiger partial charge < -0.3 is 19.5 Å². The number of fused-ring (bicyclic) bond motifs is 1. The molecule has 3 unspecified atom stereocenters. The zero-order valence-electron chi connectivity index (χ0n) is 31.0. The summed E-state index contributed by atoms with van der Waals surface area (Å²) in [4.78, 5) is 5.29. The van der Waals surface area contributed by atoms with E-state index in [1.807, 2.05) is 32.1 Å². The Balaban J connectivity index is 1.40. The third-order valence-electron chi connectivity index (χ3n) is 10.6. The smallest absolute Gasteiger partial charge is 0.271 e. The summed E-state index contributed by atoms with van der Waals surface area (Å²) in [6.45, 7) is 24.2. The predicted octanol–water partition coefficient (Wildman–Crippen LogP) is 11.2. The fourth-order valence-corrected chi connectivity index (χ4v) is 7.70. The number of allylic oxidation sites excluding steroid dienone is 5. The second-order valence-electron chi connectivity index (χ2n) is 14.7. The van der Waals surface area contributed by atoms with E-state index in [-0.39, 0.29) is 0 Å². The van der Waals surface area contributed by atoms with Crippen LogP contribution in [0.25, 0.3) is 11.8 Å². The number of para-hydroxylation sites is 1. The highest BCUT2D eigenvalue weighted by Crippen LogP contribution is 2.49. The molecule has 2 fully saturated rings. The largest absolute Gasteiger partial charge is 0.507 e. The molecule has 0 aromatic heterocycles. The Morgan fingerprint density at radius 3 is 2.49 bits per heavy atom. The summed E-state index contributed by atoms with van der Waals surface area (Å²) in [5.41, 5.74) is 9.39. The van der Waals surface area contributed by atoms with Crippen LogP contribution in [0, 0.1) is 12.8 Å². The normalized spacial score (nSPS) is 23.3. The van der Waals surface area contributed by atoms with Crippen LogP contribution < -0.4 is 14.4 Å². The van der Waals surface area contributed by atoms with Crippen LogP contribution in [-0.4, -0.2) is 47.5 Å². The minimum absolute atomic E-state index is 0.326. The average Bonchev–Trinajstić information content (AvgIpc) is 3.41. The predicted molar refractivity (Wildman–Crippen MR) is 208 cm³/mol. The third kappa shape index (κ3) is 7.99. The van der Waals surface area contributed by atoms with Gasteiger partial charge in [0.05, 0.1) is 5.69 Å². The van der Waals surface area contributed by atoms with Crippen LogP contribution in [0.2, 0.25) is 0 Å². The van der Waals surface area contributed by atoms with Gasteiger partial charge in [-0.25, -0.2) is 0 Å². The number of benzene rings is 2. The number of hydrogen-bond donors (Lipinski definition) is 1. The highest BCUT2D eigenvalue weighted by atomic mass is 35.5. The van der Waals surface area contributed by atoms with Gasteiger partial charge >= 0.3 is 0 Å². The Labute approximate surface area is 300 Å². The summed E-state index contributed by atoms with van der Waals surface area (Å²) in [6, 6.07) is 11.4. The fraction of sp³-hybridized carbons (Fsp3) is 0.488. The molecule has 0 amide bonds. The standard InChI is InChI=1S/C43H57ClN2O3/c1-10-32-26-34(41(47)33-15-13-16-33)25-30(7)36(32)24-29(6)27-45-21-22-46(37(12-3)39(45)23-28(4)5)38-17-14-18-40-42(38)49-43(9,48-40)31(8)19-20-35(44)11-2/h11,14,17-20,24-26,28,37,39,47H,2,10,12-13,15-16,21-23,27H2,1,3-9H3/b29-24+,31-19+,35-20+. The van der Waals surface area contributed by atoms with Crippen LogP contribution in [0.5, 0.6) is 11.5 Å². The van der Waals surface area contributed by atoms with Crippen molar-refractivity contribution in [1.82, 2.24) is 4.90 Å². The molecule has 49 heavy (non-hydrogen) atoms. The lowest BCUT2D eigenvalue weighted by Crippen LogP contribution is -2.60. The van der Waals surface area contributed by atoms with E-state index in [1.165, 1.54) is 34.3 Å². The Morgan fingerprint density at radius 1 is 1.10 bits per heavy atom. The van der Waals surface area contributed by atoms with E-state index in [2.05, 4.69) is 88.3 Å². The molecule has 0 spiro atoms. The average molecular weight is 685 g/mol. The zero-order valence-corrected chi connectivity index (χ0v) is 31.8. The fourth-order valence-electron chi connectivity index (χ4n) is 7.63. The van der Waals surface area contributed by atoms with Gasteiger partial charge in [0.15, 0.2) is 11.5 Å². The van der Waals surface area contributed by atoms with Crippen molar-refractivity contribution in [2.75, 3.05) is 24.5 Å². The number of anilines is 1. The molecular formula is C43H57ClN2O3. The molecule has 0 bridgehead atoms. The Morgan fingerprint density at radius 2 is 1.86 bits per heavy atom. The maximum Gasteiger partial charge on any atom is 0.271 e. The van der Waals surface area contributed by atoms with Crippen LogP contribution >= 0.6 is 11.6 Å². The van der Waals surface area contributed by atoms with Gasteiger partial charge in [0.25, 0.3) is 5.79 Å². The van der Waals surface area contributed by atoms with Crippen LogP contribution in [0.1, 0.15) is 103 Å². The Bertz CT molecular complexity index is 1660. The number of hydrogen-bond acceptors (Lipinski definition) is 5. The third-order valence-corrected chi connectivity index (χ3v) is 10.9. The summed E-state index contributed by atoms with van der Waals surface area (Å²) in [6.07, 6.45) is 14.1. The molecule has 264 valence electrons. The van der Waals surface area contributed by atoms with E-state index in [1.54, 1.807) is 6.08 Å². The first-order chi connectivity index (χ1) is 23.4. The SMILES string of the molecule is C=C/C(Cl)=C\C=C(/C)C1(C)Oc2cccc(N3CCN(C/C(C)=C/c4c(C)cc(C(O)=C5CCC5)cc4CC)C(CC(C)C)C3CC)c2O1. The summed E-state index contributed by atoms with van der Waals surface area (Å²) in [7, 11) is 0. The van der Waals surface area contributed by atoms with Gasteiger partial charge in [-0.3, -0.25) is 4.90 Å². The number of aliphatic hydroxyl groups is 1. The number of nitrogens with zero attached hydrogens (tertiary/aromatic N) is 2. The molecule has 2 aromatic rings. The van der Waals surface area contributed by atoms with Crippen LogP contribution in [0.4, 0.5) is 5.69 Å². The summed E-state index contributed by atoms with van der Waals surface area (Å²) in [5.74, 6) is 1.73. The first kappa shape index (κ1) is 36.9. The molecule has 1 saturated carbocycles. The lowest BCUT2D eigenvalue weighted by Gasteiger charge is -2.49. The van der Waals surface area contributed by atoms with Gasteiger partial charge in [0, 0.05) is 54.8 Å². The van der Waals surface area contributed by atoms with Crippen molar-refractivity contribution in [3.63, 3.8) is 0 Å². The Kier molecular flexibility index (Phi) is 11.8. The molecule has 0 radical (unpaired) electrons. The van der Waals surface area contributed by atoms with Crippen LogP contribution in [0.15, 0.2) is 76.9 Å². The van der Waals surface area contributed by atoms with Gasteiger partial charge in [0.2, 0.25) is 0 Å². The number of aryl methyl sites for hydroxylation is 2. The lowest BCUT2D eigenvalue weighted by atomic mass is 9.87. The van der Waals surface area contributed by atoms with Crippen molar-refractivity contribution in [3.05, 3.63) is 99.1 Å². The summed E-state index contributed by atoms with van der Waals surface area (Å²) >= 11 is 6.19. The van der Waals surface area contributed by atoms with E-state index in [0.717, 1.165) is 80.1 Å². The number of ether oxygens (including phenoxy) is 2. The monoisotopic (exact) mass is 684 g/mol. The van der Waals surface area contributed by atoms with Crippen molar-refractivity contribution in [3.8, 4) is 11.5 Å². The first-order valence-corrected chi connectivity index (χ1v) is 18.7. The molecule has 1 saturated heterocycles. The summed E-state index contributed by atoms with van der Waals surface area (Å²) < 4.78 is 13.1. The molecule has 5 nitrogen and oxygen atoms in total. The van der Waals surface area contributed by atoms with Crippen LogP contribution in [-0.2, 0) is 6.42 Å². The number of rotatable bonds is 12. The minimum atomic E-state index is -0.920. The molecule has 6 heteroatoms. The van der Waals surface area contributed by atoms with Crippen molar-refractivity contribution in [2.45, 2.75) is 112 Å². The number of piperazine rings is 1. The topological polar surface area (TPSA) is 45.2 Å². The van der Waals surface area contributed by atoms with Crippen molar-refractivity contribution < 1.29 is 14.6 Å². The van der Waals surface area contributed by atoms with Gasteiger partial charge in [0.1, 0.15) is 5.76 Å². The first-order valence-electron chi connectivity index (χ1n) is 18.3. The van der Waals surface area contributed by atoms with E-state index < -0.39 is 5.79 Å². The lowest BCUT2D eigenvalue weighted by molar-refractivity contribution is -0.0255. The molecule has 3 aliphatic rings. The second kappa shape index (κ2) is 15.6. The zero-order chi connectivity index (χ0) is 35.5. The van der Waals surface area contributed by atoms with E-state index in [9.17, 15) is 5.11 Å². The second-order valence-corrected chi connectivity index (χ2v) is 15.1. The van der Waals surface area contributed by atoms with Crippen molar-refractivity contribution in [1.29, 1.82) is 0 Å². The molecule has 5 rings (SSSR count). The molecule has 1 aliphatic carbocycles. The van der Waals surface area contributed by atoms with Gasteiger partial charge in [-0.1, -0.05) is 75.7 Å². The van der Waals surface area contributed by atoms with E-state index in [0.29, 0.717) is 28.8 Å². The molecular weight excluding hydrogens is 628 g/mol. The van der Waals surface area contributed by atoms with Gasteiger partial charge in [-0.05, 0) is 118 Å². The van der Waals surface area contributed by atoms with Gasteiger partial charge in [-0.2, -0.15) is 0 Å². The van der Waals surface area contributed by atoms with E-state index >= 15 is 0 Å². The Hall–Kier alpha value is -3.41. The maximum absolute atomic E-state index is 10.9. The highest BCUT2D eigenvalue weighted by molar-refractivity contribution is 6.31. The summed E-state index contributed by atoms with van der Waals surface area (Å²) in [5, 5.41) is 11.5. The van der Waals surface area contributed by atoms with Gasteiger partial charge in [-0.15, -0.1) is 0 Å². The molecule has 2 aromatic carbocycles. The number of halogens is 1. The van der Waals surface area contributed by atoms with Crippen molar-refractivity contribution >= 4 is 29.1 Å². The molecule has 3 atom stereocenters.